The molecule has 0 aliphatic carbocycles. The van der Waals surface area contributed by atoms with Gasteiger partial charge in [0.15, 0.2) is 0 Å². The molecule has 37 heavy (non-hydrogen) atoms. The fourth-order valence-corrected chi connectivity index (χ4v) is 3.42. The summed E-state index contributed by atoms with van der Waals surface area (Å²) in [4.78, 5) is 62.6. The molecular weight excluding hydrogens is 484 g/mol. The largest absolute Gasteiger partial charge is 0.469 e. The van der Waals surface area contributed by atoms with Crippen molar-refractivity contribution in [2.75, 3.05) is 21.3 Å². The molecule has 0 saturated carbocycles. The predicted molar refractivity (Wildman–Crippen MR) is 130 cm³/mol. The third-order valence-corrected chi connectivity index (χ3v) is 5.38. The molecule has 2 aromatic carbocycles. The number of carbonyl (C=O) groups excluding carboxylic acids is 5. The molecule has 3 atom stereocenters. The second kappa shape index (κ2) is 14.9. The molecule has 0 radical (unpaired) electrons. The van der Waals surface area contributed by atoms with Crippen LogP contribution < -0.4 is 10.6 Å². The van der Waals surface area contributed by atoms with E-state index in [0.29, 0.717) is 5.56 Å². The molecule has 11 nitrogen and oxygen atoms in total. The minimum Gasteiger partial charge on any atom is -0.469 e. The normalized spacial score (nSPS) is 12.7. The summed E-state index contributed by atoms with van der Waals surface area (Å²) >= 11 is 0. The molecule has 0 spiro atoms. The van der Waals surface area contributed by atoms with Gasteiger partial charge in [0, 0.05) is 6.42 Å². The number of methoxy groups -OCH3 is 3. The molecule has 2 aromatic rings. The third kappa shape index (κ3) is 9.28. The second-order valence-corrected chi connectivity index (χ2v) is 7.87. The van der Waals surface area contributed by atoms with Gasteiger partial charge >= 0.3 is 24.0 Å². The number of carbonyl (C=O) groups is 5. The lowest BCUT2D eigenvalue weighted by Gasteiger charge is -2.26. The lowest BCUT2D eigenvalue weighted by molar-refractivity contribution is -0.159. The summed E-state index contributed by atoms with van der Waals surface area (Å²) in [5.41, 5.74) is 1.45. The molecule has 198 valence electrons. The van der Waals surface area contributed by atoms with E-state index in [1.54, 1.807) is 54.6 Å². The number of hydrogen-bond donors (Lipinski definition) is 2. The smallest absolute Gasteiger partial charge is 0.408 e. The molecule has 0 aromatic heterocycles. The summed E-state index contributed by atoms with van der Waals surface area (Å²) in [5, 5.41) is 4.92. The van der Waals surface area contributed by atoms with Crippen molar-refractivity contribution in [2.24, 2.45) is 5.92 Å². The van der Waals surface area contributed by atoms with E-state index in [9.17, 15) is 24.0 Å². The van der Waals surface area contributed by atoms with Gasteiger partial charge in [-0.15, -0.1) is 0 Å². The Morgan fingerprint density at radius 1 is 0.730 bits per heavy atom. The molecule has 2 amide bonds. The number of amides is 2. The molecule has 2 N–H and O–H groups in total. The Kier molecular flexibility index (Phi) is 11.6. The molecule has 2 rings (SSSR count). The molecule has 0 fully saturated rings. The second-order valence-electron chi connectivity index (χ2n) is 7.87. The van der Waals surface area contributed by atoms with Gasteiger partial charge in [-0.25, -0.2) is 9.59 Å². The van der Waals surface area contributed by atoms with E-state index in [-0.39, 0.29) is 13.0 Å². The fourth-order valence-electron chi connectivity index (χ4n) is 3.42. The van der Waals surface area contributed by atoms with Crippen LogP contribution in [0.25, 0.3) is 0 Å². The van der Waals surface area contributed by atoms with Crippen molar-refractivity contribution in [3.8, 4) is 0 Å². The van der Waals surface area contributed by atoms with Crippen LogP contribution in [0.5, 0.6) is 0 Å². The lowest BCUT2D eigenvalue weighted by Crippen LogP contribution is -2.56. The van der Waals surface area contributed by atoms with E-state index in [0.717, 1.165) is 26.9 Å². The van der Waals surface area contributed by atoms with Crippen molar-refractivity contribution in [1.29, 1.82) is 0 Å². The molecule has 0 saturated heterocycles. The van der Waals surface area contributed by atoms with Gasteiger partial charge < -0.3 is 29.6 Å². The highest BCUT2D eigenvalue weighted by molar-refractivity contribution is 5.93. The standard InChI is InChI=1S/C26H30N2O9/c1-34-21(29)15-19(24(31)35-2)22(25(32)36-3)28-23(30)20(14-17-10-6-4-7-11-17)27-26(33)37-16-18-12-8-5-9-13-18/h4-13,19-20,22H,14-16H2,1-3H3,(H,27,33)(H,28,30)/t19-,20-,22+/m1/s1. The van der Waals surface area contributed by atoms with Crippen LogP contribution in [0, 0.1) is 5.92 Å². The summed E-state index contributed by atoms with van der Waals surface area (Å²) in [6.45, 7) is -0.0271. The van der Waals surface area contributed by atoms with Crippen molar-refractivity contribution in [2.45, 2.75) is 31.5 Å². The van der Waals surface area contributed by atoms with Crippen LogP contribution in [0.3, 0.4) is 0 Å². The number of rotatable bonds is 12. The average molecular weight is 515 g/mol. The number of hydrogen-bond acceptors (Lipinski definition) is 9. The van der Waals surface area contributed by atoms with Crippen molar-refractivity contribution in [3.05, 3.63) is 71.8 Å². The van der Waals surface area contributed by atoms with Crippen LogP contribution in [-0.2, 0) is 51.2 Å². The number of nitrogens with one attached hydrogen (secondary N) is 2. The van der Waals surface area contributed by atoms with Gasteiger partial charge in [0.1, 0.15) is 18.7 Å². The van der Waals surface area contributed by atoms with Gasteiger partial charge in [-0.3, -0.25) is 14.4 Å². The van der Waals surface area contributed by atoms with Gasteiger partial charge in [0.05, 0.1) is 33.7 Å². The summed E-state index contributed by atoms with van der Waals surface area (Å²) in [6.07, 6.45) is -1.38. The Hall–Kier alpha value is -4.41. The Balaban J connectivity index is 2.25. The van der Waals surface area contributed by atoms with E-state index in [2.05, 4.69) is 15.4 Å². The molecule has 0 aliphatic heterocycles. The highest BCUT2D eigenvalue weighted by atomic mass is 16.6. The van der Waals surface area contributed by atoms with Gasteiger partial charge in [-0.1, -0.05) is 60.7 Å². The zero-order valence-corrected chi connectivity index (χ0v) is 20.8. The zero-order valence-electron chi connectivity index (χ0n) is 20.8. The maximum absolute atomic E-state index is 13.3. The van der Waals surface area contributed by atoms with Crippen molar-refractivity contribution >= 4 is 29.9 Å². The van der Waals surface area contributed by atoms with E-state index in [1.807, 2.05) is 6.07 Å². The number of benzene rings is 2. The molecule has 11 heteroatoms. The molecular formula is C26H30N2O9. The monoisotopic (exact) mass is 514 g/mol. The van der Waals surface area contributed by atoms with Crippen LogP contribution in [0.1, 0.15) is 17.5 Å². The Morgan fingerprint density at radius 3 is 1.84 bits per heavy atom. The topological polar surface area (TPSA) is 146 Å². The van der Waals surface area contributed by atoms with E-state index >= 15 is 0 Å². The Morgan fingerprint density at radius 2 is 1.30 bits per heavy atom. The first-order valence-corrected chi connectivity index (χ1v) is 11.3. The summed E-state index contributed by atoms with van der Waals surface area (Å²) in [7, 11) is 3.25. The van der Waals surface area contributed by atoms with Crippen LogP contribution in [-0.4, -0.2) is 63.3 Å². The summed E-state index contributed by atoms with van der Waals surface area (Å²) < 4.78 is 19.3. The molecule has 0 aliphatic rings. The van der Waals surface area contributed by atoms with Crippen LogP contribution >= 0.6 is 0 Å². The molecule has 0 unspecified atom stereocenters. The molecule has 0 heterocycles. The minimum absolute atomic E-state index is 0.0271. The summed E-state index contributed by atoms with van der Waals surface area (Å²) in [6, 6.07) is 15.0. The van der Waals surface area contributed by atoms with E-state index in [1.165, 1.54) is 0 Å². The quantitative estimate of drug-likeness (QED) is 0.318. The van der Waals surface area contributed by atoms with Gasteiger partial charge in [0.25, 0.3) is 0 Å². The average Bonchev–Trinajstić information content (AvgIpc) is 2.93. The number of ether oxygens (including phenoxy) is 4. The zero-order chi connectivity index (χ0) is 27.2. The van der Waals surface area contributed by atoms with Crippen LogP contribution in [0.2, 0.25) is 0 Å². The summed E-state index contributed by atoms with van der Waals surface area (Å²) in [5.74, 6) is -4.97. The third-order valence-electron chi connectivity index (χ3n) is 5.38. The van der Waals surface area contributed by atoms with Crippen LogP contribution in [0.4, 0.5) is 4.79 Å². The number of alkyl carbamates (subject to hydrolysis) is 1. The Bertz CT molecular complexity index is 1060. The van der Waals surface area contributed by atoms with E-state index < -0.39 is 54.3 Å². The highest BCUT2D eigenvalue weighted by Crippen LogP contribution is 2.15. The van der Waals surface area contributed by atoms with Crippen LogP contribution in [0.15, 0.2) is 60.7 Å². The first-order valence-electron chi connectivity index (χ1n) is 11.3. The minimum atomic E-state index is -1.59. The lowest BCUT2D eigenvalue weighted by atomic mass is 9.95. The fraction of sp³-hybridized carbons (Fsp3) is 0.346. The van der Waals surface area contributed by atoms with Crippen molar-refractivity contribution in [1.82, 2.24) is 10.6 Å². The van der Waals surface area contributed by atoms with Crippen molar-refractivity contribution in [3.63, 3.8) is 0 Å². The van der Waals surface area contributed by atoms with Gasteiger partial charge in [-0.2, -0.15) is 0 Å². The maximum Gasteiger partial charge on any atom is 0.408 e. The predicted octanol–water partition coefficient (Wildman–Crippen LogP) is 1.53. The molecule has 0 bridgehead atoms. The first-order chi connectivity index (χ1) is 17.8. The van der Waals surface area contributed by atoms with Gasteiger partial charge in [-0.05, 0) is 11.1 Å². The van der Waals surface area contributed by atoms with E-state index in [4.69, 9.17) is 14.2 Å². The maximum atomic E-state index is 13.3. The highest BCUT2D eigenvalue weighted by Gasteiger charge is 2.40. The first kappa shape index (κ1) is 28.8. The van der Waals surface area contributed by atoms with Crippen molar-refractivity contribution < 1.29 is 42.9 Å². The Labute approximate surface area is 214 Å². The number of esters is 3. The SMILES string of the molecule is COC(=O)C[C@@H](C(=O)OC)[C@H](NC(=O)[C@@H](Cc1ccccc1)NC(=O)OCc1ccccc1)C(=O)OC. The van der Waals surface area contributed by atoms with Gasteiger partial charge in [0.2, 0.25) is 5.91 Å².